The van der Waals surface area contributed by atoms with Crippen molar-refractivity contribution in [1.29, 1.82) is 0 Å². The summed E-state index contributed by atoms with van der Waals surface area (Å²) in [6.07, 6.45) is 3.10. The predicted octanol–water partition coefficient (Wildman–Crippen LogP) is 2.56. The van der Waals surface area contributed by atoms with Gasteiger partial charge in [-0.2, -0.15) is 4.52 Å². The number of ether oxygens (including phenoxy) is 1. The van der Waals surface area contributed by atoms with E-state index in [2.05, 4.69) is 20.2 Å². The Kier molecular flexibility index (Phi) is 4.28. The first kappa shape index (κ1) is 16.5. The lowest BCUT2D eigenvalue weighted by Crippen LogP contribution is -2.38. The van der Waals surface area contributed by atoms with Crippen LogP contribution in [0, 0.1) is 19.8 Å². The van der Waals surface area contributed by atoms with Crippen LogP contribution in [0.25, 0.3) is 5.65 Å². The minimum Gasteiger partial charge on any atom is -0.426 e. The molecule has 3 aromatic rings. The standard InChI is InChI=1S/C19H21N5O2/c1-13-4-3-5-16(14(13)2)26-19(25)15-8-10-23(11-9-15)18-7-6-17-21-20-12-24(17)22-18/h3-7,12,15H,8-11H2,1-2H3. The monoisotopic (exact) mass is 351 g/mol. The van der Waals surface area contributed by atoms with E-state index in [1.165, 1.54) is 0 Å². The van der Waals surface area contributed by atoms with E-state index < -0.39 is 0 Å². The van der Waals surface area contributed by atoms with Crippen LogP contribution in [0.1, 0.15) is 24.0 Å². The summed E-state index contributed by atoms with van der Waals surface area (Å²) in [6, 6.07) is 9.63. The number of carbonyl (C=O) groups excluding carboxylic acids is 1. The summed E-state index contributed by atoms with van der Waals surface area (Å²) in [7, 11) is 0. The SMILES string of the molecule is Cc1cccc(OC(=O)C2CCN(c3ccc4nncn4n3)CC2)c1C. The number of benzene rings is 1. The topological polar surface area (TPSA) is 72.6 Å². The Morgan fingerprint density at radius 3 is 2.77 bits per heavy atom. The van der Waals surface area contributed by atoms with Crippen LogP contribution in [0.2, 0.25) is 0 Å². The number of anilines is 1. The third-order valence-electron chi connectivity index (χ3n) is 5.07. The molecule has 1 saturated heterocycles. The summed E-state index contributed by atoms with van der Waals surface area (Å²) in [6.45, 7) is 5.54. The van der Waals surface area contributed by atoms with E-state index in [4.69, 9.17) is 4.74 Å². The van der Waals surface area contributed by atoms with Crippen molar-refractivity contribution in [3.05, 3.63) is 47.8 Å². The fourth-order valence-electron chi connectivity index (χ4n) is 3.26. The van der Waals surface area contributed by atoms with Crippen molar-refractivity contribution in [2.24, 2.45) is 5.92 Å². The number of rotatable bonds is 3. The van der Waals surface area contributed by atoms with Gasteiger partial charge in [0, 0.05) is 13.1 Å². The zero-order valence-electron chi connectivity index (χ0n) is 14.9. The molecular formula is C19H21N5O2. The number of esters is 1. The van der Waals surface area contributed by atoms with Gasteiger partial charge in [0.2, 0.25) is 0 Å². The Hall–Kier alpha value is -2.96. The molecule has 0 unspecified atom stereocenters. The predicted molar refractivity (Wildman–Crippen MR) is 97.3 cm³/mol. The largest absolute Gasteiger partial charge is 0.426 e. The third kappa shape index (κ3) is 3.12. The van der Waals surface area contributed by atoms with Gasteiger partial charge in [-0.3, -0.25) is 4.79 Å². The van der Waals surface area contributed by atoms with E-state index in [9.17, 15) is 4.79 Å². The van der Waals surface area contributed by atoms with E-state index in [0.29, 0.717) is 5.75 Å². The third-order valence-corrected chi connectivity index (χ3v) is 5.07. The average Bonchev–Trinajstić information content (AvgIpc) is 3.13. The van der Waals surface area contributed by atoms with Gasteiger partial charge < -0.3 is 9.64 Å². The van der Waals surface area contributed by atoms with Gasteiger partial charge >= 0.3 is 5.97 Å². The van der Waals surface area contributed by atoms with E-state index >= 15 is 0 Å². The zero-order chi connectivity index (χ0) is 18.1. The Balaban J connectivity index is 1.39. The fraction of sp³-hybridized carbons (Fsp3) is 0.368. The molecular weight excluding hydrogens is 330 g/mol. The van der Waals surface area contributed by atoms with E-state index in [1.54, 1.807) is 10.8 Å². The van der Waals surface area contributed by atoms with Crippen molar-refractivity contribution in [3.63, 3.8) is 0 Å². The van der Waals surface area contributed by atoms with Crippen molar-refractivity contribution in [1.82, 2.24) is 19.8 Å². The molecule has 1 fully saturated rings. The minimum atomic E-state index is -0.138. The van der Waals surface area contributed by atoms with Gasteiger partial charge in [0.05, 0.1) is 5.92 Å². The maximum Gasteiger partial charge on any atom is 0.314 e. The van der Waals surface area contributed by atoms with Crippen LogP contribution in [-0.4, -0.2) is 38.9 Å². The smallest absolute Gasteiger partial charge is 0.314 e. The molecule has 3 heterocycles. The second-order valence-corrected chi connectivity index (χ2v) is 6.71. The average molecular weight is 351 g/mol. The van der Waals surface area contributed by atoms with Gasteiger partial charge in [-0.1, -0.05) is 12.1 Å². The maximum absolute atomic E-state index is 12.5. The van der Waals surface area contributed by atoms with E-state index in [0.717, 1.165) is 48.5 Å². The molecule has 0 saturated carbocycles. The molecule has 4 rings (SSSR count). The second kappa shape index (κ2) is 6.74. The highest BCUT2D eigenvalue weighted by Gasteiger charge is 2.27. The number of nitrogens with zero attached hydrogens (tertiary/aromatic N) is 5. The molecule has 0 spiro atoms. The zero-order valence-corrected chi connectivity index (χ0v) is 14.9. The van der Waals surface area contributed by atoms with Gasteiger partial charge in [-0.25, -0.2) is 0 Å². The van der Waals surface area contributed by atoms with Gasteiger partial charge in [0.15, 0.2) is 5.65 Å². The lowest BCUT2D eigenvalue weighted by Gasteiger charge is -2.31. The van der Waals surface area contributed by atoms with E-state index in [1.807, 2.05) is 44.2 Å². The summed E-state index contributed by atoms with van der Waals surface area (Å²) in [5.41, 5.74) is 2.87. The van der Waals surface area contributed by atoms with Crippen molar-refractivity contribution in [2.45, 2.75) is 26.7 Å². The fourth-order valence-corrected chi connectivity index (χ4v) is 3.26. The number of hydrogen-bond donors (Lipinski definition) is 0. The molecule has 0 aliphatic carbocycles. The van der Waals surface area contributed by atoms with Crippen LogP contribution in [0.3, 0.4) is 0 Å². The molecule has 7 nitrogen and oxygen atoms in total. The van der Waals surface area contributed by atoms with Crippen LogP contribution < -0.4 is 9.64 Å². The molecule has 1 aliphatic heterocycles. The summed E-state index contributed by atoms with van der Waals surface area (Å²) < 4.78 is 7.32. The van der Waals surface area contributed by atoms with Crippen LogP contribution in [0.4, 0.5) is 5.82 Å². The number of carbonyl (C=O) groups is 1. The summed E-state index contributed by atoms with van der Waals surface area (Å²) in [5, 5.41) is 12.3. The maximum atomic E-state index is 12.5. The highest BCUT2D eigenvalue weighted by molar-refractivity contribution is 5.76. The van der Waals surface area contributed by atoms with E-state index in [-0.39, 0.29) is 11.9 Å². The molecule has 1 aliphatic rings. The van der Waals surface area contributed by atoms with Gasteiger partial charge in [0.25, 0.3) is 0 Å². The van der Waals surface area contributed by atoms with Crippen LogP contribution >= 0.6 is 0 Å². The molecule has 0 amide bonds. The molecule has 26 heavy (non-hydrogen) atoms. The van der Waals surface area contributed by atoms with Crippen LogP contribution in [0.5, 0.6) is 5.75 Å². The van der Waals surface area contributed by atoms with Gasteiger partial charge in [-0.15, -0.1) is 15.3 Å². The molecule has 134 valence electrons. The Morgan fingerprint density at radius 1 is 1.15 bits per heavy atom. The highest BCUT2D eigenvalue weighted by Crippen LogP contribution is 2.26. The first-order chi connectivity index (χ1) is 12.6. The number of aryl methyl sites for hydroxylation is 1. The first-order valence-electron chi connectivity index (χ1n) is 8.82. The van der Waals surface area contributed by atoms with Crippen molar-refractivity contribution in [3.8, 4) is 5.75 Å². The van der Waals surface area contributed by atoms with Crippen LogP contribution in [0.15, 0.2) is 36.7 Å². The Morgan fingerprint density at radius 2 is 1.96 bits per heavy atom. The van der Waals surface area contributed by atoms with Gasteiger partial charge in [0.1, 0.15) is 17.9 Å². The lowest BCUT2D eigenvalue weighted by molar-refractivity contribution is -0.139. The number of aromatic nitrogens is 4. The van der Waals surface area contributed by atoms with Crippen molar-refractivity contribution >= 4 is 17.4 Å². The normalized spacial score (nSPS) is 15.4. The second-order valence-electron chi connectivity index (χ2n) is 6.71. The van der Waals surface area contributed by atoms with Crippen LogP contribution in [-0.2, 0) is 4.79 Å². The summed E-state index contributed by atoms with van der Waals surface area (Å²) in [5.74, 6) is 1.32. The summed E-state index contributed by atoms with van der Waals surface area (Å²) >= 11 is 0. The number of piperidine rings is 1. The quantitative estimate of drug-likeness (QED) is 0.533. The number of hydrogen-bond acceptors (Lipinski definition) is 6. The molecule has 0 atom stereocenters. The Labute approximate surface area is 151 Å². The molecule has 2 aromatic heterocycles. The van der Waals surface area contributed by atoms with Gasteiger partial charge in [-0.05, 0) is 56.0 Å². The Bertz CT molecular complexity index is 944. The number of fused-ring (bicyclic) bond motifs is 1. The lowest BCUT2D eigenvalue weighted by atomic mass is 9.97. The molecule has 0 N–H and O–H groups in total. The molecule has 1 aromatic carbocycles. The molecule has 0 bridgehead atoms. The van der Waals surface area contributed by atoms with Crippen molar-refractivity contribution in [2.75, 3.05) is 18.0 Å². The minimum absolute atomic E-state index is 0.0789. The first-order valence-corrected chi connectivity index (χ1v) is 8.82. The molecule has 7 heteroatoms. The van der Waals surface area contributed by atoms with Crippen molar-refractivity contribution < 1.29 is 9.53 Å². The highest BCUT2D eigenvalue weighted by atomic mass is 16.5. The summed E-state index contributed by atoms with van der Waals surface area (Å²) in [4.78, 5) is 14.7. The molecule has 0 radical (unpaired) electrons.